The Kier molecular flexibility index (Phi) is 7.31. The third-order valence-corrected chi connectivity index (χ3v) is 22.8. The molecule has 0 bridgehead atoms. The second-order valence-corrected chi connectivity index (χ2v) is 23.1. The summed E-state index contributed by atoms with van der Waals surface area (Å²) in [5.74, 6) is 0.950. The van der Waals surface area contributed by atoms with Gasteiger partial charge in [-0.15, -0.1) is 0 Å². The van der Waals surface area contributed by atoms with Gasteiger partial charge in [0.15, 0.2) is 0 Å². The standard InChI is InChI=1S/C53H35GeN3O/c1-34-17-8-12-27-44(34)54(37-21-6-3-7-22-37)45-28-13-9-26-43(45)48-49(55-53(56-52(48)54)35-18-4-2-5-19-35)36-20-16-23-38(33-36)57-46-29-14-10-24-39(46)41-31-32-42-40-25-11-15-30-47(40)58-51(42)50(41)57/h2-7,9-34H,1H3. The van der Waals surface area contributed by atoms with Gasteiger partial charge in [0.05, 0.1) is 0 Å². The fraction of sp³-hybridized carbons (Fsp3) is 0.0377. The van der Waals surface area contributed by atoms with E-state index in [-0.39, 0.29) is 5.92 Å². The van der Waals surface area contributed by atoms with E-state index in [1.165, 1.54) is 28.7 Å². The molecular weight excluding hydrogens is 767 g/mol. The van der Waals surface area contributed by atoms with Gasteiger partial charge in [-0.05, 0) is 0 Å². The SMILES string of the molecule is CC1C=C=CC=[C]1[Ge]1([c]2ccccc2)[c]2ccccc2-c2c(-c3cccc(-n4c5ccccc5c5ccc6c7ccccc7oc6c54)c3)nc(-c3ccccc3)n[c]21. The molecule has 0 amide bonds. The zero-order chi connectivity index (χ0) is 38.4. The van der Waals surface area contributed by atoms with Gasteiger partial charge >= 0.3 is 328 Å². The van der Waals surface area contributed by atoms with Crippen molar-refractivity contribution in [3.63, 3.8) is 0 Å². The molecule has 10 aromatic rings. The van der Waals surface area contributed by atoms with Crippen molar-refractivity contribution in [3.05, 3.63) is 198 Å². The third kappa shape index (κ3) is 4.64. The molecule has 272 valence electrons. The Hall–Kier alpha value is -6.98. The van der Waals surface area contributed by atoms with Gasteiger partial charge in [0.1, 0.15) is 0 Å². The summed E-state index contributed by atoms with van der Waals surface area (Å²) < 4.78 is 14.5. The molecule has 2 unspecified atom stereocenters. The second kappa shape index (κ2) is 12.8. The Labute approximate surface area is 338 Å². The van der Waals surface area contributed by atoms with Crippen LogP contribution < -0.4 is 13.3 Å². The van der Waals surface area contributed by atoms with Gasteiger partial charge in [0.25, 0.3) is 0 Å². The van der Waals surface area contributed by atoms with Crippen LogP contribution in [0, 0.1) is 5.92 Å². The topological polar surface area (TPSA) is 43.9 Å². The number of aromatic nitrogens is 3. The van der Waals surface area contributed by atoms with Crippen LogP contribution in [0.5, 0.6) is 0 Å². The van der Waals surface area contributed by atoms with E-state index in [1.807, 2.05) is 6.07 Å². The number of rotatable bonds is 5. The molecule has 0 saturated carbocycles. The predicted octanol–water partition coefficient (Wildman–Crippen LogP) is 11.1. The van der Waals surface area contributed by atoms with Gasteiger partial charge in [0, 0.05) is 0 Å². The first kappa shape index (κ1) is 33.2. The molecule has 2 aliphatic rings. The molecule has 4 nitrogen and oxygen atoms in total. The zero-order valence-electron chi connectivity index (χ0n) is 31.7. The summed E-state index contributed by atoms with van der Waals surface area (Å²) in [7, 11) is 0. The van der Waals surface area contributed by atoms with Crippen LogP contribution in [-0.2, 0) is 0 Å². The molecule has 12 rings (SSSR count). The number of nitrogens with zero attached hydrogens (tertiary/aromatic N) is 3. The molecule has 2 atom stereocenters. The number of hydrogen-bond acceptors (Lipinski definition) is 3. The molecule has 0 N–H and O–H groups in total. The van der Waals surface area contributed by atoms with Gasteiger partial charge in [-0.1, -0.05) is 12.1 Å². The van der Waals surface area contributed by atoms with Crippen molar-refractivity contribution in [3.8, 4) is 39.5 Å². The van der Waals surface area contributed by atoms with Crippen molar-refractivity contribution in [2.24, 2.45) is 5.92 Å². The molecule has 1 aliphatic carbocycles. The molecule has 0 saturated heterocycles. The third-order valence-electron chi connectivity index (χ3n) is 12.3. The average Bonchev–Trinajstić information content (AvgIpc) is 3.94. The van der Waals surface area contributed by atoms with E-state index in [9.17, 15) is 0 Å². The minimum atomic E-state index is -3.73. The number of para-hydroxylation sites is 2. The Balaban J connectivity index is 1.18. The van der Waals surface area contributed by atoms with E-state index < -0.39 is 13.3 Å². The van der Waals surface area contributed by atoms with Crippen LogP contribution in [0.4, 0.5) is 0 Å². The molecule has 5 heteroatoms. The first-order valence-electron chi connectivity index (χ1n) is 19.9. The molecule has 1 aliphatic heterocycles. The molecule has 7 aromatic carbocycles. The van der Waals surface area contributed by atoms with Crippen LogP contribution >= 0.6 is 0 Å². The van der Waals surface area contributed by atoms with E-state index in [0.717, 1.165) is 72.3 Å². The Bertz CT molecular complexity index is 3410. The number of hydrogen-bond donors (Lipinski definition) is 0. The molecule has 0 spiro atoms. The van der Waals surface area contributed by atoms with Gasteiger partial charge < -0.3 is 0 Å². The number of benzene rings is 7. The van der Waals surface area contributed by atoms with Crippen LogP contribution in [0.25, 0.3) is 83.2 Å². The van der Waals surface area contributed by atoms with Crippen molar-refractivity contribution in [1.29, 1.82) is 0 Å². The van der Waals surface area contributed by atoms with Gasteiger partial charge in [0.2, 0.25) is 0 Å². The molecule has 58 heavy (non-hydrogen) atoms. The van der Waals surface area contributed by atoms with Crippen molar-refractivity contribution >= 4 is 70.3 Å². The normalized spacial score (nSPS) is 17.0. The van der Waals surface area contributed by atoms with Crippen LogP contribution in [0.3, 0.4) is 0 Å². The molecule has 4 heterocycles. The first-order chi connectivity index (χ1) is 28.7. The maximum absolute atomic E-state index is 6.72. The average molecular weight is 802 g/mol. The Morgan fingerprint density at radius 1 is 0.638 bits per heavy atom. The van der Waals surface area contributed by atoms with E-state index in [1.54, 1.807) is 0 Å². The molecule has 0 radical (unpaired) electrons. The van der Waals surface area contributed by atoms with E-state index >= 15 is 0 Å². The van der Waals surface area contributed by atoms with Crippen LogP contribution in [0.1, 0.15) is 6.92 Å². The van der Waals surface area contributed by atoms with Crippen molar-refractivity contribution in [2.75, 3.05) is 0 Å². The summed E-state index contributed by atoms with van der Waals surface area (Å²) in [5, 5.41) is 4.58. The first-order valence-corrected chi connectivity index (χ1v) is 24.1. The quantitative estimate of drug-likeness (QED) is 0.129. The number of allylic oxidation sites excluding steroid dienone is 3. The van der Waals surface area contributed by atoms with Gasteiger partial charge in [-0.3, -0.25) is 0 Å². The fourth-order valence-corrected chi connectivity index (χ4v) is 21.2. The van der Waals surface area contributed by atoms with Crippen molar-refractivity contribution in [2.45, 2.75) is 6.92 Å². The van der Waals surface area contributed by atoms with E-state index in [4.69, 9.17) is 14.4 Å². The van der Waals surface area contributed by atoms with Crippen LogP contribution in [0.15, 0.2) is 203 Å². The summed E-state index contributed by atoms with van der Waals surface area (Å²) in [4.78, 5) is 11.3. The molecular formula is C53H35GeN3O. The van der Waals surface area contributed by atoms with Crippen LogP contribution in [-0.4, -0.2) is 27.8 Å². The number of fused-ring (bicyclic) bond motifs is 10. The predicted molar refractivity (Wildman–Crippen MR) is 241 cm³/mol. The second-order valence-electron chi connectivity index (χ2n) is 15.4. The van der Waals surface area contributed by atoms with Crippen molar-refractivity contribution in [1.82, 2.24) is 14.5 Å². The summed E-state index contributed by atoms with van der Waals surface area (Å²) in [5.41, 5.74) is 13.8. The van der Waals surface area contributed by atoms with Crippen LogP contribution in [0.2, 0.25) is 0 Å². The van der Waals surface area contributed by atoms with E-state index in [2.05, 4.69) is 199 Å². The van der Waals surface area contributed by atoms with E-state index in [0.29, 0.717) is 0 Å². The Morgan fingerprint density at radius 3 is 2.22 bits per heavy atom. The summed E-state index contributed by atoms with van der Waals surface area (Å²) in [6, 6.07) is 61.1. The summed E-state index contributed by atoms with van der Waals surface area (Å²) in [6.45, 7) is 2.32. The van der Waals surface area contributed by atoms with Gasteiger partial charge in [-0.25, -0.2) is 0 Å². The Morgan fingerprint density at radius 2 is 1.36 bits per heavy atom. The molecule has 0 fully saturated rings. The number of furan rings is 1. The maximum atomic E-state index is 6.72. The summed E-state index contributed by atoms with van der Waals surface area (Å²) in [6.07, 6.45) is 6.66. The minimum absolute atomic E-state index is 0.205. The van der Waals surface area contributed by atoms with Gasteiger partial charge in [-0.2, -0.15) is 0 Å². The monoisotopic (exact) mass is 803 g/mol. The molecule has 3 aromatic heterocycles. The fourth-order valence-electron chi connectivity index (χ4n) is 9.84. The summed E-state index contributed by atoms with van der Waals surface area (Å²) >= 11 is -3.73. The zero-order valence-corrected chi connectivity index (χ0v) is 33.8. The van der Waals surface area contributed by atoms with Crippen molar-refractivity contribution < 1.29 is 4.42 Å².